The highest BCUT2D eigenvalue weighted by molar-refractivity contribution is 5.93. The molecule has 15 heavy (non-hydrogen) atoms. The molecule has 0 atom stereocenters. The van der Waals surface area contributed by atoms with Crippen LogP contribution in [0, 0.1) is 6.92 Å². The Kier molecular flexibility index (Phi) is 4.35. The van der Waals surface area contributed by atoms with Crippen LogP contribution in [0.15, 0.2) is 24.3 Å². The van der Waals surface area contributed by atoms with Gasteiger partial charge in [-0.15, -0.1) is 0 Å². The third kappa shape index (κ3) is 3.08. The summed E-state index contributed by atoms with van der Waals surface area (Å²) < 4.78 is 0. The van der Waals surface area contributed by atoms with E-state index in [4.69, 9.17) is 0 Å². The number of amides is 1. The fourth-order valence-electron chi connectivity index (χ4n) is 1.65. The van der Waals surface area contributed by atoms with Gasteiger partial charge in [-0.05, 0) is 38.0 Å². The molecule has 0 heterocycles. The maximum Gasteiger partial charge on any atom is 0.226 e. The molecule has 2 heteroatoms. The summed E-state index contributed by atoms with van der Waals surface area (Å²) in [5.74, 6) is 0.214. The Bertz CT molecular complexity index is 333. The molecule has 82 valence electrons. The van der Waals surface area contributed by atoms with E-state index in [1.54, 1.807) is 0 Å². The van der Waals surface area contributed by atoms with Crippen molar-refractivity contribution >= 4 is 11.6 Å². The Morgan fingerprint density at radius 1 is 1.33 bits per heavy atom. The smallest absolute Gasteiger partial charge is 0.226 e. The van der Waals surface area contributed by atoms with Gasteiger partial charge in [0.2, 0.25) is 5.91 Å². The SMILES string of the molecule is CCCC(=O)N(CC)c1cccc(C)c1. The van der Waals surface area contributed by atoms with Gasteiger partial charge in [-0.1, -0.05) is 19.1 Å². The predicted molar refractivity (Wildman–Crippen MR) is 64.1 cm³/mol. The van der Waals surface area contributed by atoms with Crippen molar-refractivity contribution in [3.05, 3.63) is 29.8 Å². The summed E-state index contributed by atoms with van der Waals surface area (Å²) in [4.78, 5) is 13.7. The summed E-state index contributed by atoms with van der Waals surface area (Å²) in [5, 5.41) is 0. The van der Waals surface area contributed by atoms with Crippen LogP contribution in [0.3, 0.4) is 0 Å². The Morgan fingerprint density at radius 3 is 2.60 bits per heavy atom. The van der Waals surface area contributed by atoms with E-state index >= 15 is 0 Å². The molecule has 1 aromatic rings. The molecule has 0 fully saturated rings. The molecule has 0 aliphatic carbocycles. The largest absolute Gasteiger partial charge is 0.313 e. The number of anilines is 1. The van der Waals surface area contributed by atoms with Crippen LogP contribution >= 0.6 is 0 Å². The second-order valence-corrected chi connectivity index (χ2v) is 3.73. The van der Waals surface area contributed by atoms with Crippen LogP contribution in [-0.4, -0.2) is 12.5 Å². The van der Waals surface area contributed by atoms with Crippen LogP contribution in [0.4, 0.5) is 5.69 Å². The fraction of sp³-hybridized carbons (Fsp3) is 0.462. The van der Waals surface area contributed by atoms with Crippen molar-refractivity contribution in [2.75, 3.05) is 11.4 Å². The molecule has 0 radical (unpaired) electrons. The molecule has 0 aliphatic rings. The second-order valence-electron chi connectivity index (χ2n) is 3.73. The summed E-state index contributed by atoms with van der Waals surface area (Å²) >= 11 is 0. The molecule has 1 aromatic carbocycles. The fourth-order valence-corrected chi connectivity index (χ4v) is 1.65. The summed E-state index contributed by atoms with van der Waals surface area (Å²) in [6, 6.07) is 8.08. The van der Waals surface area contributed by atoms with Gasteiger partial charge in [-0.2, -0.15) is 0 Å². The number of hydrogen-bond acceptors (Lipinski definition) is 1. The van der Waals surface area contributed by atoms with Gasteiger partial charge in [0.15, 0.2) is 0 Å². The molecule has 0 aromatic heterocycles. The first-order valence-electron chi connectivity index (χ1n) is 5.56. The zero-order chi connectivity index (χ0) is 11.3. The lowest BCUT2D eigenvalue weighted by molar-refractivity contribution is -0.118. The Labute approximate surface area is 91.9 Å². The van der Waals surface area contributed by atoms with Gasteiger partial charge in [-0.3, -0.25) is 4.79 Å². The summed E-state index contributed by atoms with van der Waals surface area (Å²) in [7, 11) is 0. The molecule has 1 amide bonds. The van der Waals surface area contributed by atoms with Gasteiger partial charge in [0, 0.05) is 18.7 Å². The van der Waals surface area contributed by atoms with Crippen molar-refractivity contribution in [3.63, 3.8) is 0 Å². The zero-order valence-electron chi connectivity index (χ0n) is 9.79. The number of carbonyl (C=O) groups excluding carboxylic acids is 1. The summed E-state index contributed by atoms with van der Waals surface area (Å²) in [5.41, 5.74) is 2.20. The number of nitrogens with zero attached hydrogens (tertiary/aromatic N) is 1. The van der Waals surface area contributed by atoms with Crippen molar-refractivity contribution in [2.45, 2.75) is 33.6 Å². The maximum absolute atomic E-state index is 11.8. The molecule has 0 N–H and O–H groups in total. The molecule has 0 saturated heterocycles. The van der Waals surface area contributed by atoms with Gasteiger partial charge in [-0.25, -0.2) is 0 Å². The van der Waals surface area contributed by atoms with Gasteiger partial charge < -0.3 is 4.90 Å². The van der Waals surface area contributed by atoms with Crippen molar-refractivity contribution in [1.29, 1.82) is 0 Å². The quantitative estimate of drug-likeness (QED) is 0.739. The normalized spacial score (nSPS) is 10.1. The molecule has 1 rings (SSSR count). The van der Waals surface area contributed by atoms with Gasteiger partial charge in [0.1, 0.15) is 0 Å². The van der Waals surface area contributed by atoms with Crippen LogP contribution in [0.25, 0.3) is 0 Å². The van der Waals surface area contributed by atoms with Gasteiger partial charge in [0.05, 0.1) is 0 Å². The highest BCUT2D eigenvalue weighted by Crippen LogP contribution is 2.16. The lowest BCUT2D eigenvalue weighted by Gasteiger charge is -2.21. The number of carbonyl (C=O) groups is 1. The third-order valence-electron chi connectivity index (χ3n) is 2.39. The zero-order valence-corrected chi connectivity index (χ0v) is 9.79. The average Bonchev–Trinajstić information content (AvgIpc) is 2.19. The number of benzene rings is 1. The lowest BCUT2D eigenvalue weighted by atomic mass is 10.2. The van der Waals surface area contributed by atoms with Crippen LogP contribution < -0.4 is 4.90 Å². The summed E-state index contributed by atoms with van der Waals surface area (Å²) in [6.45, 7) is 6.82. The van der Waals surface area contributed by atoms with Crippen LogP contribution in [0.2, 0.25) is 0 Å². The van der Waals surface area contributed by atoms with E-state index in [-0.39, 0.29) is 5.91 Å². The van der Waals surface area contributed by atoms with Gasteiger partial charge >= 0.3 is 0 Å². The molecule has 2 nitrogen and oxygen atoms in total. The molecule has 0 bridgehead atoms. The first-order chi connectivity index (χ1) is 7.19. The van der Waals surface area contributed by atoms with E-state index < -0.39 is 0 Å². The Hall–Kier alpha value is -1.31. The highest BCUT2D eigenvalue weighted by atomic mass is 16.2. The lowest BCUT2D eigenvalue weighted by Crippen LogP contribution is -2.30. The summed E-state index contributed by atoms with van der Waals surface area (Å²) in [6.07, 6.45) is 1.53. The minimum atomic E-state index is 0.214. The van der Waals surface area contributed by atoms with E-state index in [1.165, 1.54) is 5.56 Å². The van der Waals surface area contributed by atoms with E-state index in [1.807, 2.05) is 43.9 Å². The average molecular weight is 205 g/mol. The third-order valence-corrected chi connectivity index (χ3v) is 2.39. The minimum Gasteiger partial charge on any atom is -0.313 e. The Balaban J connectivity index is 2.87. The molecule has 0 saturated carbocycles. The van der Waals surface area contributed by atoms with Crippen LogP contribution in [0.5, 0.6) is 0 Å². The molecule has 0 unspecified atom stereocenters. The van der Waals surface area contributed by atoms with E-state index in [9.17, 15) is 4.79 Å². The van der Waals surface area contributed by atoms with Crippen molar-refractivity contribution in [3.8, 4) is 0 Å². The topological polar surface area (TPSA) is 20.3 Å². The van der Waals surface area contributed by atoms with E-state index in [2.05, 4.69) is 6.07 Å². The van der Waals surface area contributed by atoms with Gasteiger partial charge in [0.25, 0.3) is 0 Å². The number of aryl methyl sites for hydroxylation is 1. The first-order valence-corrected chi connectivity index (χ1v) is 5.56. The Morgan fingerprint density at radius 2 is 2.07 bits per heavy atom. The standard InChI is InChI=1S/C13H19NO/c1-4-7-13(15)14(5-2)12-9-6-8-11(3)10-12/h6,8-10H,4-5,7H2,1-3H3. The van der Waals surface area contributed by atoms with E-state index in [0.717, 1.165) is 18.7 Å². The molecular weight excluding hydrogens is 186 g/mol. The first kappa shape index (κ1) is 11.8. The van der Waals surface area contributed by atoms with Crippen LogP contribution in [0.1, 0.15) is 32.3 Å². The number of hydrogen-bond donors (Lipinski definition) is 0. The molecule has 0 aliphatic heterocycles. The van der Waals surface area contributed by atoms with Crippen molar-refractivity contribution < 1.29 is 4.79 Å². The maximum atomic E-state index is 11.8. The van der Waals surface area contributed by atoms with E-state index in [0.29, 0.717) is 6.42 Å². The second kappa shape index (κ2) is 5.54. The molecule has 0 spiro atoms. The highest BCUT2D eigenvalue weighted by Gasteiger charge is 2.12. The van der Waals surface area contributed by atoms with Crippen LogP contribution in [-0.2, 0) is 4.79 Å². The monoisotopic (exact) mass is 205 g/mol. The molecular formula is C13H19NO. The van der Waals surface area contributed by atoms with Crippen molar-refractivity contribution in [2.24, 2.45) is 0 Å². The minimum absolute atomic E-state index is 0.214. The predicted octanol–water partition coefficient (Wildman–Crippen LogP) is 3.15. The number of rotatable bonds is 4. The van der Waals surface area contributed by atoms with Crippen molar-refractivity contribution in [1.82, 2.24) is 0 Å².